The zero-order valence-electron chi connectivity index (χ0n) is 17.7. The summed E-state index contributed by atoms with van der Waals surface area (Å²) in [6.45, 7) is 4.25. The quantitative estimate of drug-likeness (QED) is 0.602. The fourth-order valence-electron chi connectivity index (χ4n) is 3.21. The van der Waals surface area contributed by atoms with Crippen molar-refractivity contribution < 1.29 is 23.9 Å². The van der Waals surface area contributed by atoms with Crippen LogP contribution in [0.3, 0.4) is 0 Å². The summed E-state index contributed by atoms with van der Waals surface area (Å²) in [5.41, 5.74) is 2.34. The van der Waals surface area contributed by atoms with Crippen molar-refractivity contribution >= 4 is 34.7 Å². The van der Waals surface area contributed by atoms with Crippen LogP contribution in [0.1, 0.15) is 19.4 Å². The van der Waals surface area contributed by atoms with Gasteiger partial charge in [0.2, 0.25) is 5.91 Å². The molecule has 2 aromatic rings. The number of hydrogen-bond donors (Lipinski definition) is 2. The van der Waals surface area contributed by atoms with Crippen molar-refractivity contribution in [3.05, 3.63) is 59.8 Å². The van der Waals surface area contributed by atoms with E-state index in [9.17, 15) is 14.4 Å². The average Bonchev–Trinajstić information content (AvgIpc) is 2.98. The van der Waals surface area contributed by atoms with E-state index in [0.29, 0.717) is 29.3 Å². The average molecular weight is 423 g/mol. The van der Waals surface area contributed by atoms with Crippen molar-refractivity contribution in [2.45, 2.75) is 13.8 Å². The predicted molar refractivity (Wildman–Crippen MR) is 117 cm³/mol. The third-order valence-electron chi connectivity index (χ3n) is 4.62. The zero-order valence-corrected chi connectivity index (χ0v) is 17.7. The van der Waals surface area contributed by atoms with Gasteiger partial charge in [0.15, 0.2) is 0 Å². The van der Waals surface area contributed by atoms with Crippen LogP contribution in [0.4, 0.5) is 11.4 Å². The van der Waals surface area contributed by atoms with Crippen molar-refractivity contribution in [1.29, 1.82) is 0 Å². The van der Waals surface area contributed by atoms with Crippen LogP contribution in [0.15, 0.2) is 54.2 Å². The Morgan fingerprint density at radius 1 is 0.968 bits per heavy atom. The third-order valence-corrected chi connectivity index (χ3v) is 4.62. The fourth-order valence-corrected chi connectivity index (χ4v) is 3.21. The molecule has 31 heavy (non-hydrogen) atoms. The first-order valence-electron chi connectivity index (χ1n) is 9.92. The Labute approximate surface area is 180 Å². The van der Waals surface area contributed by atoms with E-state index in [0.717, 1.165) is 0 Å². The molecule has 1 aliphatic rings. The van der Waals surface area contributed by atoms with E-state index in [-0.39, 0.29) is 36.2 Å². The minimum absolute atomic E-state index is 0.154. The number of anilines is 2. The van der Waals surface area contributed by atoms with Crippen LogP contribution >= 0.6 is 0 Å². The maximum absolute atomic E-state index is 13.1. The van der Waals surface area contributed by atoms with Crippen molar-refractivity contribution in [3.8, 4) is 5.75 Å². The summed E-state index contributed by atoms with van der Waals surface area (Å²) in [6, 6.07) is 13.9. The molecule has 1 aliphatic heterocycles. The summed E-state index contributed by atoms with van der Waals surface area (Å²) in [4.78, 5) is 38.5. The molecule has 0 radical (unpaired) electrons. The van der Waals surface area contributed by atoms with E-state index in [4.69, 9.17) is 9.47 Å². The molecule has 0 saturated heterocycles. The number of methoxy groups -OCH3 is 1. The van der Waals surface area contributed by atoms with Crippen LogP contribution in [-0.2, 0) is 19.1 Å². The summed E-state index contributed by atoms with van der Waals surface area (Å²) in [7, 11) is 1.52. The van der Waals surface area contributed by atoms with Gasteiger partial charge in [0.05, 0.1) is 25.3 Å². The van der Waals surface area contributed by atoms with Gasteiger partial charge in [0.1, 0.15) is 11.4 Å². The first-order chi connectivity index (χ1) is 14.9. The lowest BCUT2D eigenvalue weighted by molar-refractivity contribution is -0.137. The SMILES string of the molecule is CCOc1ccc(C2=C(Nc3ccc(NC(C)=O)cc3)C(=O)N(CCOC)C2=O)cc1. The molecule has 2 N–H and O–H groups in total. The van der Waals surface area contributed by atoms with Gasteiger partial charge in [-0.25, -0.2) is 0 Å². The van der Waals surface area contributed by atoms with Crippen LogP contribution in [0, 0.1) is 0 Å². The highest BCUT2D eigenvalue weighted by molar-refractivity contribution is 6.36. The van der Waals surface area contributed by atoms with E-state index >= 15 is 0 Å². The third kappa shape index (κ3) is 5.10. The van der Waals surface area contributed by atoms with Crippen molar-refractivity contribution in [1.82, 2.24) is 4.90 Å². The van der Waals surface area contributed by atoms with E-state index in [1.54, 1.807) is 48.5 Å². The molecule has 0 spiro atoms. The second-order valence-corrected chi connectivity index (χ2v) is 6.85. The zero-order chi connectivity index (χ0) is 22.4. The number of amides is 3. The molecule has 0 atom stereocenters. The van der Waals surface area contributed by atoms with Crippen LogP contribution in [-0.4, -0.2) is 49.5 Å². The molecule has 0 aromatic heterocycles. The lowest BCUT2D eigenvalue weighted by atomic mass is 10.0. The first-order valence-corrected chi connectivity index (χ1v) is 9.92. The van der Waals surface area contributed by atoms with Gasteiger partial charge in [-0.2, -0.15) is 0 Å². The lowest BCUT2D eigenvalue weighted by Gasteiger charge is -2.14. The highest BCUT2D eigenvalue weighted by Crippen LogP contribution is 2.31. The monoisotopic (exact) mass is 423 g/mol. The molecule has 0 unspecified atom stereocenters. The second kappa shape index (κ2) is 9.90. The Balaban J connectivity index is 1.94. The normalized spacial score (nSPS) is 13.6. The summed E-state index contributed by atoms with van der Waals surface area (Å²) >= 11 is 0. The standard InChI is InChI=1S/C23H25N3O5/c1-4-31-19-11-5-16(6-12-19)20-21(23(29)26(22(20)28)13-14-30-3)25-18-9-7-17(8-10-18)24-15(2)27/h5-12,25H,4,13-14H2,1-3H3,(H,24,27). The predicted octanol–water partition coefficient (Wildman–Crippen LogP) is 2.88. The molecule has 1 heterocycles. The molecule has 0 aliphatic carbocycles. The summed E-state index contributed by atoms with van der Waals surface area (Å²) in [5.74, 6) is -0.296. The van der Waals surface area contributed by atoms with Crippen molar-refractivity contribution in [2.75, 3.05) is 37.5 Å². The van der Waals surface area contributed by atoms with Crippen LogP contribution in [0.25, 0.3) is 5.57 Å². The largest absolute Gasteiger partial charge is 0.494 e. The van der Waals surface area contributed by atoms with Gasteiger partial charge in [-0.05, 0) is 48.9 Å². The number of rotatable bonds is 9. The number of ether oxygens (including phenoxy) is 2. The van der Waals surface area contributed by atoms with Gasteiger partial charge in [0.25, 0.3) is 11.8 Å². The molecule has 8 heteroatoms. The number of carbonyl (C=O) groups excluding carboxylic acids is 3. The number of imide groups is 1. The highest BCUT2D eigenvalue weighted by Gasteiger charge is 2.38. The maximum Gasteiger partial charge on any atom is 0.278 e. The molecule has 3 rings (SSSR count). The Morgan fingerprint density at radius 3 is 2.19 bits per heavy atom. The molecule has 162 valence electrons. The molecule has 3 amide bonds. The van der Waals surface area contributed by atoms with E-state index in [1.165, 1.54) is 18.9 Å². The number of carbonyl (C=O) groups is 3. The van der Waals surface area contributed by atoms with Crippen LogP contribution in [0.5, 0.6) is 5.75 Å². The molecule has 0 bridgehead atoms. The van der Waals surface area contributed by atoms with E-state index < -0.39 is 5.91 Å². The van der Waals surface area contributed by atoms with Gasteiger partial charge in [0, 0.05) is 25.4 Å². The molecular formula is C23H25N3O5. The Kier molecular flexibility index (Phi) is 7.04. The molecule has 0 saturated carbocycles. The Morgan fingerprint density at radius 2 is 1.61 bits per heavy atom. The molecule has 2 aromatic carbocycles. The van der Waals surface area contributed by atoms with Crippen LogP contribution in [0.2, 0.25) is 0 Å². The lowest BCUT2D eigenvalue weighted by Crippen LogP contribution is -2.35. The summed E-state index contributed by atoms with van der Waals surface area (Å²) in [5, 5.41) is 5.77. The minimum Gasteiger partial charge on any atom is -0.494 e. The fraction of sp³-hybridized carbons (Fsp3) is 0.261. The number of nitrogens with one attached hydrogen (secondary N) is 2. The summed E-state index contributed by atoms with van der Waals surface area (Å²) in [6.07, 6.45) is 0. The number of benzene rings is 2. The van der Waals surface area contributed by atoms with Crippen molar-refractivity contribution in [3.63, 3.8) is 0 Å². The highest BCUT2D eigenvalue weighted by atomic mass is 16.5. The first kappa shape index (κ1) is 22.0. The molecular weight excluding hydrogens is 398 g/mol. The van der Waals surface area contributed by atoms with Gasteiger partial charge in [-0.3, -0.25) is 19.3 Å². The van der Waals surface area contributed by atoms with Crippen molar-refractivity contribution in [2.24, 2.45) is 0 Å². The summed E-state index contributed by atoms with van der Waals surface area (Å²) < 4.78 is 10.5. The minimum atomic E-state index is -0.420. The number of nitrogens with zero attached hydrogens (tertiary/aromatic N) is 1. The smallest absolute Gasteiger partial charge is 0.278 e. The van der Waals surface area contributed by atoms with Gasteiger partial charge in [-0.1, -0.05) is 12.1 Å². The van der Waals surface area contributed by atoms with E-state index in [2.05, 4.69) is 10.6 Å². The second-order valence-electron chi connectivity index (χ2n) is 6.85. The van der Waals surface area contributed by atoms with Gasteiger partial charge in [-0.15, -0.1) is 0 Å². The maximum atomic E-state index is 13.1. The number of hydrogen-bond acceptors (Lipinski definition) is 6. The van der Waals surface area contributed by atoms with Crippen LogP contribution < -0.4 is 15.4 Å². The van der Waals surface area contributed by atoms with Gasteiger partial charge >= 0.3 is 0 Å². The Bertz CT molecular complexity index is 997. The molecule has 8 nitrogen and oxygen atoms in total. The van der Waals surface area contributed by atoms with Gasteiger partial charge < -0.3 is 20.1 Å². The van der Waals surface area contributed by atoms with E-state index in [1.807, 2.05) is 6.92 Å². The Hall–Kier alpha value is -3.65. The molecule has 0 fully saturated rings. The topological polar surface area (TPSA) is 97.0 Å².